The van der Waals surface area contributed by atoms with E-state index in [0.29, 0.717) is 23.7 Å². The van der Waals surface area contributed by atoms with Crippen LogP contribution in [0.25, 0.3) is 0 Å². The molecule has 0 aliphatic carbocycles. The van der Waals surface area contributed by atoms with Crippen molar-refractivity contribution in [2.24, 2.45) is 5.10 Å². The third-order valence-corrected chi connectivity index (χ3v) is 3.99. The van der Waals surface area contributed by atoms with Crippen LogP contribution >= 0.6 is 0 Å². The Morgan fingerprint density at radius 3 is 2.57 bits per heavy atom. The maximum Gasteiger partial charge on any atom is 0.277 e. The van der Waals surface area contributed by atoms with Crippen LogP contribution in [0.15, 0.2) is 41.5 Å². The van der Waals surface area contributed by atoms with Crippen molar-refractivity contribution in [3.8, 4) is 17.2 Å². The van der Waals surface area contributed by atoms with E-state index in [9.17, 15) is 9.90 Å². The van der Waals surface area contributed by atoms with E-state index in [1.165, 1.54) is 12.3 Å². The van der Waals surface area contributed by atoms with Gasteiger partial charge in [0.2, 0.25) is 0 Å². The number of aromatic hydroxyl groups is 1. The molecule has 2 aromatic rings. The van der Waals surface area contributed by atoms with Gasteiger partial charge in [-0.05, 0) is 60.2 Å². The highest BCUT2D eigenvalue weighted by molar-refractivity contribution is 5.83. The monoisotopic (exact) mass is 384 g/mol. The Morgan fingerprint density at radius 2 is 1.89 bits per heavy atom. The minimum Gasteiger partial charge on any atom is -0.504 e. The van der Waals surface area contributed by atoms with Gasteiger partial charge in [-0.3, -0.25) is 4.79 Å². The number of nitrogens with one attached hydrogen (secondary N) is 1. The minimum atomic E-state index is -0.360. The van der Waals surface area contributed by atoms with Gasteiger partial charge in [-0.15, -0.1) is 0 Å². The Bertz CT molecular complexity index is 854. The van der Waals surface area contributed by atoms with Crippen molar-refractivity contribution in [2.45, 2.75) is 40.0 Å². The van der Waals surface area contributed by atoms with Gasteiger partial charge < -0.3 is 14.6 Å². The van der Waals surface area contributed by atoms with Gasteiger partial charge in [-0.2, -0.15) is 5.10 Å². The highest BCUT2D eigenvalue weighted by Gasteiger charge is 2.19. The standard InChI is InChI=1S/C22H28N2O4/c1-6-27-20-12-16(8-10-18(20)25)13-23-24-21(26)14-28-19-11-15(2)7-9-17(19)22(3,4)5/h7-13,25H,6,14H2,1-5H3,(H,24,26). The lowest BCUT2D eigenvalue weighted by atomic mass is 9.86. The zero-order valence-electron chi connectivity index (χ0n) is 17.1. The second-order valence-corrected chi connectivity index (χ2v) is 7.49. The molecule has 6 nitrogen and oxygen atoms in total. The third-order valence-electron chi connectivity index (χ3n) is 3.99. The molecule has 0 saturated carbocycles. The first-order valence-corrected chi connectivity index (χ1v) is 9.22. The molecule has 2 rings (SSSR count). The van der Waals surface area contributed by atoms with Crippen LogP contribution in [0, 0.1) is 6.92 Å². The molecule has 0 aromatic heterocycles. The average Bonchev–Trinajstić information content (AvgIpc) is 2.62. The van der Waals surface area contributed by atoms with Crippen molar-refractivity contribution in [1.82, 2.24) is 5.43 Å². The summed E-state index contributed by atoms with van der Waals surface area (Å²) in [5.41, 5.74) is 5.16. The summed E-state index contributed by atoms with van der Waals surface area (Å²) in [6.07, 6.45) is 1.48. The smallest absolute Gasteiger partial charge is 0.277 e. The van der Waals surface area contributed by atoms with Gasteiger partial charge in [0.1, 0.15) is 5.75 Å². The number of hydrogen-bond acceptors (Lipinski definition) is 5. The zero-order chi connectivity index (χ0) is 20.7. The molecule has 0 unspecified atom stereocenters. The number of benzene rings is 2. The Labute approximate surface area is 166 Å². The summed E-state index contributed by atoms with van der Waals surface area (Å²) in [7, 11) is 0. The molecule has 0 radical (unpaired) electrons. The molecule has 28 heavy (non-hydrogen) atoms. The highest BCUT2D eigenvalue weighted by Crippen LogP contribution is 2.32. The van der Waals surface area contributed by atoms with E-state index in [1.54, 1.807) is 12.1 Å². The topological polar surface area (TPSA) is 80.2 Å². The molecule has 150 valence electrons. The zero-order valence-corrected chi connectivity index (χ0v) is 17.1. The summed E-state index contributed by atoms with van der Waals surface area (Å²) < 4.78 is 11.1. The molecule has 6 heteroatoms. The average molecular weight is 384 g/mol. The summed E-state index contributed by atoms with van der Waals surface area (Å²) in [4.78, 5) is 12.1. The number of hydrazone groups is 1. The van der Waals surface area contributed by atoms with Crippen LogP contribution in [0.4, 0.5) is 0 Å². The Balaban J connectivity index is 1.96. The predicted octanol–water partition coefficient (Wildman–Crippen LogP) is 3.93. The quantitative estimate of drug-likeness (QED) is 0.560. The Hall–Kier alpha value is -3.02. The fourth-order valence-corrected chi connectivity index (χ4v) is 2.61. The molecular weight excluding hydrogens is 356 g/mol. The van der Waals surface area contributed by atoms with E-state index >= 15 is 0 Å². The van der Waals surface area contributed by atoms with Crippen LogP contribution in [-0.2, 0) is 10.2 Å². The summed E-state index contributed by atoms with van der Waals surface area (Å²) in [5, 5.41) is 13.6. The molecule has 0 heterocycles. The van der Waals surface area contributed by atoms with Gasteiger partial charge >= 0.3 is 0 Å². The molecule has 2 N–H and O–H groups in total. The second kappa shape index (κ2) is 9.26. The molecule has 0 saturated heterocycles. The Morgan fingerprint density at radius 1 is 1.14 bits per heavy atom. The number of hydrogen-bond donors (Lipinski definition) is 2. The van der Waals surface area contributed by atoms with Crippen LogP contribution in [0.5, 0.6) is 17.2 Å². The minimum absolute atomic E-state index is 0.0595. The number of amides is 1. The first-order valence-electron chi connectivity index (χ1n) is 9.22. The van der Waals surface area contributed by atoms with Crippen molar-refractivity contribution in [3.63, 3.8) is 0 Å². The van der Waals surface area contributed by atoms with E-state index in [-0.39, 0.29) is 23.7 Å². The van der Waals surface area contributed by atoms with Gasteiger partial charge in [0.05, 0.1) is 12.8 Å². The first-order chi connectivity index (χ1) is 13.2. The number of aryl methyl sites for hydroxylation is 1. The van der Waals surface area contributed by atoms with E-state index in [4.69, 9.17) is 9.47 Å². The first kappa shape index (κ1) is 21.3. The van der Waals surface area contributed by atoms with Crippen LogP contribution in [0.1, 0.15) is 44.4 Å². The lowest BCUT2D eigenvalue weighted by Crippen LogP contribution is -2.25. The third kappa shape index (κ3) is 6.01. The maximum absolute atomic E-state index is 12.1. The fourth-order valence-electron chi connectivity index (χ4n) is 2.61. The van der Waals surface area contributed by atoms with Crippen molar-refractivity contribution < 1.29 is 19.4 Å². The Kier molecular flexibility index (Phi) is 7.04. The maximum atomic E-state index is 12.1. The van der Waals surface area contributed by atoms with Gasteiger partial charge in [0, 0.05) is 0 Å². The van der Waals surface area contributed by atoms with Crippen LogP contribution in [0.2, 0.25) is 0 Å². The lowest BCUT2D eigenvalue weighted by Gasteiger charge is -2.23. The second-order valence-electron chi connectivity index (χ2n) is 7.49. The lowest BCUT2D eigenvalue weighted by molar-refractivity contribution is -0.123. The number of nitrogens with zero attached hydrogens (tertiary/aromatic N) is 1. The molecule has 0 fully saturated rings. The van der Waals surface area contributed by atoms with Crippen LogP contribution < -0.4 is 14.9 Å². The molecule has 0 atom stereocenters. The summed E-state index contributed by atoms with van der Waals surface area (Å²) in [6.45, 7) is 10.4. The van der Waals surface area contributed by atoms with E-state index in [1.807, 2.05) is 32.0 Å². The van der Waals surface area contributed by atoms with Gasteiger partial charge in [-0.25, -0.2) is 5.43 Å². The normalized spacial score (nSPS) is 11.5. The largest absolute Gasteiger partial charge is 0.504 e. The summed E-state index contributed by atoms with van der Waals surface area (Å²) >= 11 is 0. The molecule has 2 aromatic carbocycles. The van der Waals surface area contributed by atoms with E-state index in [2.05, 4.69) is 31.3 Å². The van der Waals surface area contributed by atoms with Crippen LogP contribution in [0.3, 0.4) is 0 Å². The number of phenolic OH excluding ortho intramolecular Hbond substituents is 1. The van der Waals surface area contributed by atoms with Crippen LogP contribution in [-0.4, -0.2) is 30.4 Å². The molecule has 1 amide bonds. The predicted molar refractivity (Wildman–Crippen MR) is 110 cm³/mol. The molecule has 0 aliphatic heterocycles. The molecule has 0 aliphatic rings. The van der Waals surface area contributed by atoms with Gasteiger partial charge in [0.25, 0.3) is 5.91 Å². The molecule has 0 spiro atoms. The number of phenols is 1. The van der Waals surface area contributed by atoms with Crippen molar-refractivity contribution in [3.05, 3.63) is 53.1 Å². The number of carbonyl (C=O) groups excluding carboxylic acids is 1. The van der Waals surface area contributed by atoms with Crippen molar-refractivity contribution in [1.29, 1.82) is 0 Å². The van der Waals surface area contributed by atoms with Crippen molar-refractivity contribution >= 4 is 12.1 Å². The van der Waals surface area contributed by atoms with Gasteiger partial charge in [0.15, 0.2) is 18.1 Å². The molecule has 0 bridgehead atoms. The summed E-state index contributed by atoms with van der Waals surface area (Å²) in [6, 6.07) is 10.8. The number of ether oxygens (including phenoxy) is 2. The molecular formula is C22H28N2O4. The van der Waals surface area contributed by atoms with Gasteiger partial charge in [-0.1, -0.05) is 32.9 Å². The number of rotatable bonds is 7. The van der Waals surface area contributed by atoms with E-state index < -0.39 is 0 Å². The fraction of sp³-hybridized carbons (Fsp3) is 0.364. The van der Waals surface area contributed by atoms with E-state index in [0.717, 1.165) is 11.1 Å². The van der Waals surface area contributed by atoms with Crippen molar-refractivity contribution in [2.75, 3.05) is 13.2 Å². The number of carbonyl (C=O) groups is 1. The SMILES string of the molecule is CCOc1cc(C=NNC(=O)COc2cc(C)ccc2C(C)(C)C)ccc1O. The summed E-state index contributed by atoms with van der Waals surface area (Å²) in [5.74, 6) is 0.771. The highest BCUT2D eigenvalue weighted by atomic mass is 16.5.